The first-order valence-electron chi connectivity index (χ1n) is 6.25. The Labute approximate surface area is 87.2 Å². The molecule has 0 amide bonds. The topological polar surface area (TPSA) is 35.2 Å². The van der Waals surface area contributed by atoms with Gasteiger partial charge in [-0.05, 0) is 38.1 Å². The molecular formula is C12H23NO. The first-order chi connectivity index (χ1) is 6.90. The lowest BCUT2D eigenvalue weighted by atomic mass is 9.97. The largest absolute Gasteiger partial charge is 0.375 e. The Bertz CT molecular complexity index is 166. The van der Waals surface area contributed by atoms with Gasteiger partial charge in [0, 0.05) is 0 Å². The minimum atomic E-state index is 0.489. The molecule has 0 aromatic carbocycles. The molecule has 0 heterocycles. The van der Waals surface area contributed by atoms with Crippen molar-refractivity contribution in [1.29, 1.82) is 0 Å². The average molecular weight is 197 g/mol. The van der Waals surface area contributed by atoms with Gasteiger partial charge in [-0.1, -0.05) is 25.7 Å². The zero-order chi connectivity index (χ0) is 9.80. The maximum Gasteiger partial charge on any atom is 0.0619 e. The summed E-state index contributed by atoms with van der Waals surface area (Å²) in [7, 11) is 0. The Morgan fingerprint density at radius 2 is 1.71 bits per heavy atom. The molecule has 2 heteroatoms. The van der Waals surface area contributed by atoms with E-state index in [0.29, 0.717) is 18.1 Å². The fourth-order valence-electron chi connectivity index (χ4n) is 2.90. The van der Waals surface area contributed by atoms with Crippen LogP contribution in [0.15, 0.2) is 0 Å². The van der Waals surface area contributed by atoms with Crippen LogP contribution in [0.2, 0.25) is 0 Å². The van der Waals surface area contributed by atoms with Crippen LogP contribution in [0.1, 0.15) is 51.4 Å². The van der Waals surface area contributed by atoms with Gasteiger partial charge in [0.05, 0.1) is 12.2 Å². The Kier molecular flexibility index (Phi) is 3.82. The van der Waals surface area contributed by atoms with Gasteiger partial charge >= 0.3 is 0 Å². The van der Waals surface area contributed by atoms with Gasteiger partial charge in [-0.2, -0.15) is 0 Å². The van der Waals surface area contributed by atoms with Crippen LogP contribution in [-0.2, 0) is 4.74 Å². The van der Waals surface area contributed by atoms with Crippen LogP contribution >= 0.6 is 0 Å². The van der Waals surface area contributed by atoms with Crippen molar-refractivity contribution in [2.24, 2.45) is 11.7 Å². The molecule has 2 N–H and O–H groups in total. The Morgan fingerprint density at radius 1 is 0.929 bits per heavy atom. The van der Waals surface area contributed by atoms with E-state index in [0.717, 1.165) is 6.54 Å². The van der Waals surface area contributed by atoms with Crippen molar-refractivity contribution >= 4 is 0 Å². The highest BCUT2D eigenvalue weighted by molar-refractivity contribution is 4.80. The molecule has 14 heavy (non-hydrogen) atoms. The molecule has 2 atom stereocenters. The summed E-state index contributed by atoms with van der Waals surface area (Å²) < 4.78 is 6.18. The molecule has 0 aliphatic heterocycles. The van der Waals surface area contributed by atoms with Crippen LogP contribution in [0, 0.1) is 5.92 Å². The molecule has 2 rings (SSSR count). The van der Waals surface area contributed by atoms with E-state index in [9.17, 15) is 0 Å². The van der Waals surface area contributed by atoms with Crippen molar-refractivity contribution in [2.45, 2.75) is 63.6 Å². The monoisotopic (exact) mass is 197 g/mol. The van der Waals surface area contributed by atoms with Crippen molar-refractivity contribution < 1.29 is 4.74 Å². The van der Waals surface area contributed by atoms with E-state index in [-0.39, 0.29) is 0 Å². The van der Waals surface area contributed by atoms with E-state index in [1.54, 1.807) is 0 Å². The molecule has 2 fully saturated rings. The molecule has 2 nitrogen and oxygen atoms in total. The van der Waals surface area contributed by atoms with Gasteiger partial charge in [-0.25, -0.2) is 0 Å². The van der Waals surface area contributed by atoms with Crippen molar-refractivity contribution in [1.82, 2.24) is 0 Å². The van der Waals surface area contributed by atoms with E-state index >= 15 is 0 Å². The van der Waals surface area contributed by atoms with Gasteiger partial charge in [-0.3, -0.25) is 0 Å². The van der Waals surface area contributed by atoms with Crippen molar-refractivity contribution in [3.63, 3.8) is 0 Å². The molecule has 0 spiro atoms. The standard InChI is InChI=1S/C12H23NO/c13-9-10-5-4-8-12(10)14-11-6-2-1-3-7-11/h10-12H,1-9,13H2. The Morgan fingerprint density at radius 3 is 2.43 bits per heavy atom. The highest BCUT2D eigenvalue weighted by Gasteiger charge is 2.29. The number of rotatable bonds is 3. The van der Waals surface area contributed by atoms with Crippen molar-refractivity contribution in [2.75, 3.05) is 6.54 Å². The zero-order valence-corrected chi connectivity index (χ0v) is 9.08. The maximum atomic E-state index is 6.18. The SMILES string of the molecule is NCC1CCCC1OC1CCCCC1. The molecule has 0 bridgehead atoms. The third-order valence-electron chi connectivity index (χ3n) is 3.81. The molecule has 2 saturated carbocycles. The van der Waals surface area contributed by atoms with Gasteiger partial charge in [0.15, 0.2) is 0 Å². The van der Waals surface area contributed by atoms with Crippen molar-refractivity contribution in [3.05, 3.63) is 0 Å². The van der Waals surface area contributed by atoms with Gasteiger partial charge in [0.1, 0.15) is 0 Å². The predicted octanol–water partition coefficient (Wildman–Crippen LogP) is 2.46. The summed E-state index contributed by atoms with van der Waals surface area (Å²) in [6, 6.07) is 0. The van der Waals surface area contributed by atoms with Crippen molar-refractivity contribution in [3.8, 4) is 0 Å². The predicted molar refractivity (Wildman–Crippen MR) is 58.1 cm³/mol. The van der Waals surface area contributed by atoms with Crippen LogP contribution < -0.4 is 5.73 Å². The number of hydrogen-bond donors (Lipinski definition) is 1. The summed E-state index contributed by atoms with van der Waals surface area (Å²) in [5.41, 5.74) is 5.75. The molecule has 2 unspecified atom stereocenters. The second-order valence-electron chi connectivity index (χ2n) is 4.86. The summed E-state index contributed by atoms with van der Waals surface area (Å²) in [6.45, 7) is 0.817. The molecular weight excluding hydrogens is 174 g/mol. The highest BCUT2D eigenvalue weighted by atomic mass is 16.5. The summed E-state index contributed by atoms with van der Waals surface area (Å²) >= 11 is 0. The fourth-order valence-corrected chi connectivity index (χ4v) is 2.90. The summed E-state index contributed by atoms with van der Waals surface area (Å²) in [5.74, 6) is 0.650. The van der Waals surface area contributed by atoms with Gasteiger partial charge in [0.2, 0.25) is 0 Å². The number of nitrogens with two attached hydrogens (primary N) is 1. The minimum absolute atomic E-state index is 0.489. The molecule has 82 valence electrons. The lowest BCUT2D eigenvalue weighted by Gasteiger charge is -2.28. The van der Waals surface area contributed by atoms with Gasteiger partial charge in [-0.15, -0.1) is 0 Å². The second-order valence-corrected chi connectivity index (χ2v) is 4.86. The lowest BCUT2D eigenvalue weighted by Crippen LogP contribution is -2.30. The summed E-state index contributed by atoms with van der Waals surface area (Å²) in [4.78, 5) is 0. The zero-order valence-electron chi connectivity index (χ0n) is 9.08. The number of ether oxygens (including phenoxy) is 1. The Balaban J connectivity index is 1.77. The smallest absolute Gasteiger partial charge is 0.0619 e. The third kappa shape index (κ3) is 2.48. The van der Waals surface area contributed by atoms with E-state index in [1.807, 2.05) is 0 Å². The molecule has 0 saturated heterocycles. The van der Waals surface area contributed by atoms with Crippen LogP contribution in [0.4, 0.5) is 0 Å². The van der Waals surface area contributed by atoms with E-state index in [1.165, 1.54) is 51.4 Å². The first kappa shape index (κ1) is 10.4. The quantitative estimate of drug-likeness (QED) is 0.754. The molecule has 2 aliphatic rings. The van der Waals surface area contributed by atoms with Gasteiger partial charge < -0.3 is 10.5 Å². The van der Waals surface area contributed by atoms with Crippen LogP contribution in [0.3, 0.4) is 0 Å². The highest BCUT2D eigenvalue weighted by Crippen LogP contribution is 2.31. The second kappa shape index (κ2) is 5.13. The lowest BCUT2D eigenvalue weighted by molar-refractivity contribution is -0.0448. The normalized spacial score (nSPS) is 34.9. The van der Waals surface area contributed by atoms with Gasteiger partial charge in [0.25, 0.3) is 0 Å². The molecule has 0 radical (unpaired) electrons. The maximum absolute atomic E-state index is 6.18. The van der Waals surface area contributed by atoms with Crippen LogP contribution in [0.5, 0.6) is 0 Å². The van der Waals surface area contributed by atoms with Crippen LogP contribution in [0.25, 0.3) is 0 Å². The average Bonchev–Trinajstić information content (AvgIpc) is 2.67. The number of hydrogen-bond acceptors (Lipinski definition) is 2. The fraction of sp³-hybridized carbons (Fsp3) is 1.00. The van der Waals surface area contributed by atoms with E-state index in [2.05, 4.69) is 0 Å². The molecule has 0 aromatic heterocycles. The minimum Gasteiger partial charge on any atom is -0.375 e. The van der Waals surface area contributed by atoms with E-state index < -0.39 is 0 Å². The van der Waals surface area contributed by atoms with Crippen LogP contribution in [-0.4, -0.2) is 18.8 Å². The summed E-state index contributed by atoms with van der Waals surface area (Å²) in [6.07, 6.45) is 11.6. The third-order valence-corrected chi connectivity index (χ3v) is 3.81. The van der Waals surface area contributed by atoms with E-state index in [4.69, 9.17) is 10.5 Å². The Hall–Kier alpha value is -0.0800. The molecule has 2 aliphatic carbocycles. The summed E-state index contributed by atoms with van der Waals surface area (Å²) in [5, 5.41) is 0. The first-order valence-corrected chi connectivity index (χ1v) is 6.25. The molecule has 0 aromatic rings.